The van der Waals surface area contributed by atoms with Crippen molar-refractivity contribution >= 4 is 23.5 Å². The molecule has 2 rings (SSSR count). The van der Waals surface area contributed by atoms with Crippen LogP contribution in [0.4, 0.5) is 4.39 Å². The number of ether oxygens (including phenoxy) is 2. The summed E-state index contributed by atoms with van der Waals surface area (Å²) in [7, 11) is 1.28. The number of hydrogen-bond donors (Lipinski definition) is 1. The highest BCUT2D eigenvalue weighted by Gasteiger charge is 2.23. The van der Waals surface area contributed by atoms with Gasteiger partial charge < -0.3 is 14.8 Å². The summed E-state index contributed by atoms with van der Waals surface area (Å²) >= 11 is 5.89. The molecule has 1 amide bonds. The van der Waals surface area contributed by atoms with Gasteiger partial charge in [0.05, 0.1) is 13.0 Å². The van der Waals surface area contributed by atoms with Gasteiger partial charge in [-0.3, -0.25) is 9.59 Å². The molecule has 0 bridgehead atoms. The van der Waals surface area contributed by atoms with Crippen LogP contribution in [0.3, 0.4) is 0 Å². The maximum atomic E-state index is 13.0. The number of methoxy groups -OCH3 is 1. The van der Waals surface area contributed by atoms with Crippen molar-refractivity contribution in [3.63, 3.8) is 0 Å². The zero-order chi connectivity index (χ0) is 19.8. The van der Waals surface area contributed by atoms with Crippen molar-refractivity contribution in [2.24, 2.45) is 5.92 Å². The Labute approximate surface area is 162 Å². The van der Waals surface area contributed by atoms with Gasteiger partial charge in [-0.15, -0.1) is 0 Å². The second kappa shape index (κ2) is 9.92. The Hall–Kier alpha value is -2.60. The molecule has 0 aromatic heterocycles. The number of carbonyl (C=O) groups is 2. The lowest BCUT2D eigenvalue weighted by molar-refractivity contribution is -0.145. The predicted octanol–water partition coefficient (Wildman–Crippen LogP) is 3.39. The van der Waals surface area contributed by atoms with E-state index < -0.39 is 18.0 Å². The van der Waals surface area contributed by atoms with Gasteiger partial charge in [-0.05, 0) is 49.2 Å². The standard InChI is InChI=1S/C20H21ClFNO4/c1-13(27-18-5-3-4-16(21)11-18)19(24)23-12-15(20(25)26-2)10-14-6-8-17(22)9-7-14/h3-9,11,13,15H,10,12H2,1-2H3,(H,23,24)/t13-,15+/m0/s1. The minimum absolute atomic E-state index is 0.0755. The van der Waals surface area contributed by atoms with Gasteiger partial charge in [0.15, 0.2) is 6.10 Å². The number of amides is 1. The first-order valence-electron chi connectivity index (χ1n) is 8.41. The zero-order valence-corrected chi connectivity index (χ0v) is 15.8. The van der Waals surface area contributed by atoms with E-state index in [2.05, 4.69) is 5.32 Å². The zero-order valence-electron chi connectivity index (χ0n) is 15.1. The summed E-state index contributed by atoms with van der Waals surface area (Å²) in [6.07, 6.45) is -0.455. The fourth-order valence-corrected chi connectivity index (χ4v) is 2.66. The quantitative estimate of drug-likeness (QED) is 0.698. The van der Waals surface area contributed by atoms with E-state index in [1.165, 1.54) is 19.2 Å². The highest BCUT2D eigenvalue weighted by molar-refractivity contribution is 6.30. The van der Waals surface area contributed by atoms with Gasteiger partial charge in [0.1, 0.15) is 11.6 Å². The number of benzene rings is 2. The number of nitrogens with one attached hydrogen (secondary N) is 1. The predicted molar refractivity (Wildman–Crippen MR) is 100 cm³/mol. The number of halogens is 2. The van der Waals surface area contributed by atoms with Gasteiger partial charge in [-0.1, -0.05) is 29.8 Å². The molecule has 2 aromatic rings. The van der Waals surface area contributed by atoms with Crippen LogP contribution < -0.4 is 10.1 Å². The van der Waals surface area contributed by atoms with Crippen LogP contribution in [0.25, 0.3) is 0 Å². The van der Waals surface area contributed by atoms with E-state index in [9.17, 15) is 14.0 Å². The topological polar surface area (TPSA) is 64.6 Å². The lowest BCUT2D eigenvalue weighted by atomic mass is 9.99. The summed E-state index contributed by atoms with van der Waals surface area (Å²) in [5.74, 6) is -1.30. The fourth-order valence-electron chi connectivity index (χ4n) is 2.48. The smallest absolute Gasteiger partial charge is 0.310 e. The molecule has 0 aliphatic rings. The first-order chi connectivity index (χ1) is 12.9. The maximum Gasteiger partial charge on any atom is 0.310 e. The van der Waals surface area contributed by atoms with Crippen molar-refractivity contribution in [3.8, 4) is 5.75 Å². The lowest BCUT2D eigenvalue weighted by Gasteiger charge is -2.18. The molecule has 0 heterocycles. The van der Waals surface area contributed by atoms with Gasteiger partial charge in [0.2, 0.25) is 0 Å². The Balaban J connectivity index is 1.93. The third kappa shape index (κ3) is 6.57. The number of carbonyl (C=O) groups excluding carboxylic acids is 2. The third-order valence-electron chi connectivity index (χ3n) is 3.93. The molecule has 0 fully saturated rings. The average Bonchev–Trinajstić information content (AvgIpc) is 2.65. The van der Waals surface area contributed by atoms with Crippen molar-refractivity contribution in [1.29, 1.82) is 0 Å². The van der Waals surface area contributed by atoms with Crippen LogP contribution >= 0.6 is 11.6 Å². The molecule has 0 radical (unpaired) electrons. The molecule has 144 valence electrons. The molecule has 27 heavy (non-hydrogen) atoms. The molecule has 0 spiro atoms. The van der Waals surface area contributed by atoms with Crippen LogP contribution in [-0.4, -0.2) is 31.6 Å². The summed E-state index contributed by atoms with van der Waals surface area (Å²) in [6, 6.07) is 12.6. The Kier molecular flexibility index (Phi) is 7.61. The Morgan fingerprint density at radius 3 is 2.52 bits per heavy atom. The Bertz CT molecular complexity index is 782. The molecular weight excluding hydrogens is 373 g/mol. The van der Waals surface area contributed by atoms with Gasteiger partial charge >= 0.3 is 5.97 Å². The normalized spacial score (nSPS) is 12.7. The van der Waals surface area contributed by atoms with Crippen LogP contribution in [0.5, 0.6) is 5.75 Å². The van der Waals surface area contributed by atoms with Gasteiger partial charge in [-0.25, -0.2) is 4.39 Å². The van der Waals surface area contributed by atoms with E-state index >= 15 is 0 Å². The summed E-state index contributed by atoms with van der Waals surface area (Å²) in [4.78, 5) is 24.3. The average molecular weight is 394 g/mol. The molecule has 5 nitrogen and oxygen atoms in total. The number of hydrogen-bond acceptors (Lipinski definition) is 4. The highest BCUT2D eigenvalue weighted by Crippen LogP contribution is 2.18. The molecule has 0 aliphatic carbocycles. The minimum Gasteiger partial charge on any atom is -0.481 e. The van der Waals surface area contributed by atoms with Crippen LogP contribution in [0.15, 0.2) is 48.5 Å². The SMILES string of the molecule is COC(=O)[C@@H](CNC(=O)[C@H](C)Oc1cccc(Cl)c1)Cc1ccc(F)cc1. The molecule has 2 aromatic carbocycles. The van der Waals surface area contributed by atoms with Crippen molar-refractivity contribution < 1.29 is 23.5 Å². The van der Waals surface area contributed by atoms with Crippen molar-refractivity contribution in [3.05, 3.63) is 64.9 Å². The highest BCUT2D eigenvalue weighted by atomic mass is 35.5. The first kappa shape index (κ1) is 20.7. The van der Waals surface area contributed by atoms with Crippen molar-refractivity contribution in [1.82, 2.24) is 5.32 Å². The molecule has 0 unspecified atom stereocenters. The molecular formula is C20H21ClFNO4. The molecule has 1 N–H and O–H groups in total. The molecule has 0 saturated heterocycles. The Morgan fingerprint density at radius 1 is 1.19 bits per heavy atom. The Morgan fingerprint density at radius 2 is 1.89 bits per heavy atom. The van der Waals surface area contributed by atoms with E-state index in [4.69, 9.17) is 21.1 Å². The lowest BCUT2D eigenvalue weighted by Crippen LogP contribution is -2.41. The third-order valence-corrected chi connectivity index (χ3v) is 4.17. The molecule has 2 atom stereocenters. The van der Waals surface area contributed by atoms with E-state index in [1.54, 1.807) is 43.3 Å². The maximum absolute atomic E-state index is 13.0. The van der Waals surface area contributed by atoms with E-state index in [-0.39, 0.29) is 18.3 Å². The van der Waals surface area contributed by atoms with Gasteiger partial charge in [0.25, 0.3) is 5.91 Å². The van der Waals surface area contributed by atoms with Gasteiger partial charge in [-0.2, -0.15) is 0 Å². The first-order valence-corrected chi connectivity index (χ1v) is 8.79. The van der Waals surface area contributed by atoms with Gasteiger partial charge in [0, 0.05) is 11.6 Å². The van der Waals surface area contributed by atoms with E-state index in [0.717, 1.165) is 5.56 Å². The van der Waals surface area contributed by atoms with Crippen molar-refractivity contribution in [2.75, 3.05) is 13.7 Å². The van der Waals surface area contributed by atoms with E-state index in [0.29, 0.717) is 17.2 Å². The van der Waals surface area contributed by atoms with Crippen LogP contribution in [0.2, 0.25) is 5.02 Å². The molecule has 0 aliphatic heterocycles. The summed E-state index contributed by atoms with van der Waals surface area (Å²) in [5.41, 5.74) is 0.768. The summed E-state index contributed by atoms with van der Waals surface area (Å²) in [5, 5.41) is 3.20. The van der Waals surface area contributed by atoms with Crippen LogP contribution in [0, 0.1) is 11.7 Å². The largest absolute Gasteiger partial charge is 0.481 e. The molecule has 0 saturated carbocycles. The monoisotopic (exact) mass is 393 g/mol. The number of rotatable bonds is 8. The van der Waals surface area contributed by atoms with Crippen molar-refractivity contribution in [2.45, 2.75) is 19.4 Å². The second-order valence-electron chi connectivity index (χ2n) is 6.01. The molecule has 7 heteroatoms. The summed E-state index contributed by atoms with van der Waals surface area (Å²) < 4.78 is 23.4. The number of esters is 1. The van der Waals surface area contributed by atoms with E-state index in [1.807, 2.05) is 0 Å². The van der Waals surface area contributed by atoms with Crippen LogP contribution in [-0.2, 0) is 20.7 Å². The van der Waals surface area contributed by atoms with Crippen LogP contribution in [0.1, 0.15) is 12.5 Å². The fraction of sp³-hybridized carbons (Fsp3) is 0.300. The second-order valence-corrected chi connectivity index (χ2v) is 6.45. The minimum atomic E-state index is -0.771. The summed E-state index contributed by atoms with van der Waals surface area (Å²) in [6.45, 7) is 1.68.